The molecule has 2 aromatic carbocycles. The number of nitrogens with one attached hydrogen (secondary N) is 1. The lowest BCUT2D eigenvalue weighted by molar-refractivity contribution is -0.117. The van der Waals surface area contributed by atoms with Crippen LogP contribution in [0.5, 0.6) is 0 Å². The number of halogens is 3. The fourth-order valence-electron chi connectivity index (χ4n) is 3.48. The Morgan fingerprint density at radius 1 is 1.23 bits per heavy atom. The molecule has 1 atom stereocenters. The van der Waals surface area contributed by atoms with Gasteiger partial charge in [-0.3, -0.25) is 9.59 Å². The number of hydrogen-bond donors (Lipinski definition) is 1. The van der Waals surface area contributed by atoms with Gasteiger partial charge in [-0.25, -0.2) is 17.2 Å². The molecule has 2 aromatic rings. The maximum Gasteiger partial charge on any atom is 0.225 e. The minimum atomic E-state index is -3.88. The third kappa shape index (κ3) is 4.54. The Bertz CT molecular complexity index is 1140. The van der Waals surface area contributed by atoms with Gasteiger partial charge in [-0.05, 0) is 59.1 Å². The summed E-state index contributed by atoms with van der Waals surface area (Å²) in [5, 5.41) is 2.24. The molecule has 0 aromatic heterocycles. The van der Waals surface area contributed by atoms with Crippen molar-refractivity contribution < 1.29 is 26.8 Å². The molecule has 0 aliphatic carbocycles. The highest BCUT2D eigenvalue weighted by molar-refractivity contribution is 9.10. The molecule has 0 unspecified atom stereocenters. The fraction of sp³-hybridized carbons (Fsp3) is 0.300. The molecule has 1 aliphatic heterocycles. The number of sulfone groups is 1. The molecule has 0 saturated heterocycles. The lowest BCUT2D eigenvalue weighted by atomic mass is 10.1. The number of carbonyl (C=O) groups is 2. The first-order chi connectivity index (χ1) is 14.0. The van der Waals surface area contributed by atoms with Gasteiger partial charge in [0, 0.05) is 35.6 Å². The smallest absolute Gasteiger partial charge is 0.225 e. The van der Waals surface area contributed by atoms with Crippen LogP contribution in [0.1, 0.15) is 25.8 Å². The molecule has 0 radical (unpaired) electrons. The van der Waals surface area contributed by atoms with Gasteiger partial charge in [0.1, 0.15) is 11.6 Å². The molecular weight excluding hydrogens is 482 g/mol. The van der Waals surface area contributed by atoms with Gasteiger partial charge in [0.05, 0.1) is 16.3 Å². The Kier molecular flexibility index (Phi) is 6.28. The summed E-state index contributed by atoms with van der Waals surface area (Å²) in [6, 6.07) is 5.70. The normalized spacial score (nSPS) is 15.8. The van der Waals surface area contributed by atoms with E-state index in [2.05, 4.69) is 21.2 Å². The second-order valence-electron chi connectivity index (χ2n) is 7.09. The van der Waals surface area contributed by atoms with Crippen LogP contribution in [0.3, 0.4) is 0 Å². The SMILES string of the molecule is CC(=O)N1c2cc(S(=O)(=O)CCC(=O)Nc3ccc(F)cc3F)c(Br)cc2C[C@@H]1C. The Labute approximate surface area is 181 Å². The van der Waals surface area contributed by atoms with Gasteiger partial charge < -0.3 is 10.2 Å². The Hall–Kier alpha value is -2.33. The van der Waals surface area contributed by atoms with E-state index in [-0.39, 0.29) is 22.5 Å². The Balaban J connectivity index is 1.78. The number of benzene rings is 2. The molecule has 2 amide bonds. The van der Waals surface area contributed by atoms with E-state index < -0.39 is 39.6 Å². The summed E-state index contributed by atoms with van der Waals surface area (Å²) < 4.78 is 52.6. The van der Waals surface area contributed by atoms with Crippen molar-refractivity contribution in [1.29, 1.82) is 0 Å². The molecule has 1 aliphatic rings. The van der Waals surface area contributed by atoms with Gasteiger partial charge in [0.25, 0.3) is 0 Å². The number of hydrogen-bond acceptors (Lipinski definition) is 4. The van der Waals surface area contributed by atoms with Crippen molar-refractivity contribution in [3.63, 3.8) is 0 Å². The average Bonchev–Trinajstić information content (AvgIpc) is 2.96. The van der Waals surface area contributed by atoms with E-state index >= 15 is 0 Å². The quantitative estimate of drug-likeness (QED) is 0.676. The van der Waals surface area contributed by atoms with Gasteiger partial charge in [0.15, 0.2) is 9.84 Å². The fourth-order valence-corrected chi connectivity index (χ4v) is 5.93. The van der Waals surface area contributed by atoms with Crippen LogP contribution in [0.15, 0.2) is 39.7 Å². The number of rotatable bonds is 5. The zero-order chi connectivity index (χ0) is 22.2. The van der Waals surface area contributed by atoms with Crippen molar-refractivity contribution in [3.8, 4) is 0 Å². The van der Waals surface area contributed by atoms with E-state index in [0.29, 0.717) is 22.6 Å². The summed E-state index contributed by atoms with van der Waals surface area (Å²) in [7, 11) is -3.88. The molecule has 0 saturated carbocycles. The van der Waals surface area contributed by atoms with Crippen LogP contribution < -0.4 is 10.2 Å². The maximum atomic E-state index is 13.7. The monoisotopic (exact) mass is 500 g/mol. The topological polar surface area (TPSA) is 83.6 Å². The first-order valence-electron chi connectivity index (χ1n) is 9.09. The second-order valence-corrected chi connectivity index (χ2v) is 10.0. The van der Waals surface area contributed by atoms with E-state index in [1.165, 1.54) is 13.0 Å². The highest BCUT2D eigenvalue weighted by atomic mass is 79.9. The Morgan fingerprint density at radius 2 is 1.93 bits per heavy atom. The van der Waals surface area contributed by atoms with Gasteiger partial charge in [-0.1, -0.05) is 0 Å². The summed E-state index contributed by atoms with van der Waals surface area (Å²) in [5.41, 5.74) is 1.16. The summed E-state index contributed by atoms with van der Waals surface area (Å²) in [6.07, 6.45) is 0.189. The average molecular weight is 501 g/mol. The number of anilines is 2. The Morgan fingerprint density at radius 3 is 2.57 bits per heavy atom. The minimum absolute atomic E-state index is 0.0256. The minimum Gasteiger partial charge on any atom is -0.324 e. The van der Waals surface area contributed by atoms with Crippen molar-refractivity contribution in [3.05, 3.63) is 52.0 Å². The zero-order valence-electron chi connectivity index (χ0n) is 16.2. The molecule has 0 fully saturated rings. The first-order valence-corrected chi connectivity index (χ1v) is 11.5. The van der Waals surface area contributed by atoms with Crippen molar-refractivity contribution in [1.82, 2.24) is 0 Å². The van der Waals surface area contributed by atoms with Gasteiger partial charge >= 0.3 is 0 Å². The molecule has 0 bridgehead atoms. The van der Waals surface area contributed by atoms with Crippen LogP contribution in [-0.2, 0) is 25.8 Å². The zero-order valence-corrected chi connectivity index (χ0v) is 18.6. The number of nitrogens with zero attached hydrogens (tertiary/aromatic N) is 1. The summed E-state index contributed by atoms with van der Waals surface area (Å²) in [4.78, 5) is 25.6. The van der Waals surface area contributed by atoms with Gasteiger partial charge in [-0.15, -0.1) is 0 Å². The van der Waals surface area contributed by atoms with E-state index in [9.17, 15) is 26.8 Å². The molecule has 0 spiro atoms. The van der Waals surface area contributed by atoms with Gasteiger partial charge in [-0.2, -0.15) is 0 Å². The molecule has 1 N–H and O–H groups in total. The molecular formula is C20H19BrF2N2O4S. The molecule has 160 valence electrons. The summed E-state index contributed by atoms with van der Waals surface area (Å²) in [6.45, 7) is 3.29. The first kappa shape index (κ1) is 22.4. The van der Waals surface area contributed by atoms with E-state index in [1.54, 1.807) is 11.0 Å². The van der Waals surface area contributed by atoms with Crippen molar-refractivity contribution in [2.75, 3.05) is 16.0 Å². The van der Waals surface area contributed by atoms with Crippen molar-refractivity contribution in [2.24, 2.45) is 0 Å². The van der Waals surface area contributed by atoms with Crippen molar-refractivity contribution in [2.45, 2.75) is 37.6 Å². The molecule has 10 heteroatoms. The van der Waals surface area contributed by atoms with E-state index in [0.717, 1.165) is 17.7 Å². The standard InChI is InChI=1S/C20H19BrF2N2O4S/c1-11-7-13-8-15(21)19(10-18(13)25(11)12(2)26)30(28,29)6-5-20(27)24-17-4-3-14(22)9-16(17)23/h3-4,8-11H,5-7H2,1-2H3,(H,24,27)/t11-/m0/s1. The largest absolute Gasteiger partial charge is 0.324 e. The highest BCUT2D eigenvalue weighted by Crippen LogP contribution is 2.38. The second kappa shape index (κ2) is 8.43. The summed E-state index contributed by atoms with van der Waals surface area (Å²) in [5.74, 6) is -3.17. The van der Waals surface area contributed by atoms with E-state index in [4.69, 9.17) is 0 Å². The number of carbonyl (C=O) groups excluding carboxylic acids is 2. The highest BCUT2D eigenvalue weighted by Gasteiger charge is 2.32. The number of fused-ring (bicyclic) bond motifs is 1. The molecule has 1 heterocycles. The maximum absolute atomic E-state index is 13.7. The third-order valence-electron chi connectivity index (χ3n) is 4.83. The molecule has 3 rings (SSSR count). The molecule has 30 heavy (non-hydrogen) atoms. The van der Waals surface area contributed by atoms with Crippen LogP contribution >= 0.6 is 15.9 Å². The summed E-state index contributed by atoms with van der Waals surface area (Å²) >= 11 is 3.27. The van der Waals surface area contributed by atoms with Gasteiger partial charge in [0.2, 0.25) is 11.8 Å². The van der Waals surface area contributed by atoms with Crippen LogP contribution in [0.2, 0.25) is 0 Å². The molecule has 6 nitrogen and oxygen atoms in total. The lowest BCUT2D eigenvalue weighted by Crippen LogP contribution is -2.33. The van der Waals surface area contributed by atoms with Crippen LogP contribution in [0, 0.1) is 11.6 Å². The predicted molar refractivity (Wildman–Crippen MR) is 112 cm³/mol. The van der Waals surface area contributed by atoms with Crippen LogP contribution in [-0.4, -0.2) is 32.0 Å². The third-order valence-corrected chi connectivity index (χ3v) is 7.49. The van der Waals surface area contributed by atoms with Crippen LogP contribution in [0.4, 0.5) is 20.2 Å². The predicted octanol–water partition coefficient (Wildman–Crippen LogP) is 3.83. The number of amides is 2. The lowest BCUT2D eigenvalue weighted by Gasteiger charge is -2.21. The van der Waals surface area contributed by atoms with Crippen LogP contribution in [0.25, 0.3) is 0 Å². The van der Waals surface area contributed by atoms with Crippen molar-refractivity contribution >= 4 is 49.0 Å². The van der Waals surface area contributed by atoms with E-state index in [1.807, 2.05) is 6.92 Å².